The van der Waals surface area contributed by atoms with Crippen LogP contribution in [0, 0.1) is 0 Å². The number of benzene rings is 3. The molecular formula is C23H19N5O4S. The molecule has 1 heterocycles. The molecule has 4 rings (SSSR count). The van der Waals surface area contributed by atoms with E-state index in [4.69, 9.17) is 5.73 Å². The third-order valence-corrected chi connectivity index (χ3v) is 6.06. The number of anilines is 2. The molecule has 0 saturated carbocycles. The zero-order valence-electron chi connectivity index (χ0n) is 17.2. The number of sulfonamides is 1. The third kappa shape index (κ3) is 5.08. The van der Waals surface area contributed by atoms with Gasteiger partial charge in [-0.2, -0.15) is 5.10 Å². The van der Waals surface area contributed by atoms with Crippen LogP contribution < -0.4 is 15.8 Å². The van der Waals surface area contributed by atoms with E-state index in [2.05, 4.69) is 15.1 Å². The quantitative estimate of drug-likeness (QED) is 0.389. The van der Waals surface area contributed by atoms with Crippen LogP contribution in [0.2, 0.25) is 0 Å². The molecule has 0 aliphatic carbocycles. The lowest BCUT2D eigenvalue weighted by Crippen LogP contribution is -2.15. The van der Waals surface area contributed by atoms with Gasteiger partial charge in [-0.15, -0.1) is 0 Å². The highest BCUT2D eigenvalue weighted by atomic mass is 32.2. The van der Waals surface area contributed by atoms with Crippen LogP contribution in [0.5, 0.6) is 0 Å². The molecule has 0 saturated heterocycles. The van der Waals surface area contributed by atoms with Gasteiger partial charge in [0.1, 0.15) is 5.69 Å². The van der Waals surface area contributed by atoms with Crippen LogP contribution in [-0.2, 0) is 10.0 Å². The van der Waals surface area contributed by atoms with Crippen LogP contribution in [0.1, 0.15) is 20.8 Å². The van der Waals surface area contributed by atoms with Gasteiger partial charge in [0.15, 0.2) is 0 Å². The monoisotopic (exact) mass is 461 g/mol. The van der Waals surface area contributed by atoms with Gasteiger partial charge in [-0.25, -0.2) is 13.1 Å². The van der Waals surface area contributed by atoms with Crippen LogP contribution in [0.3, 0.4) is 0 Å². The van der Waals surface area contributed by atoms with Crippen LogP contribution in [0.15, 0.2) is 96.0 Å². The third-order valence-electron chi connectivity index (χ3n) is 4.66. The van der Waals surface area contributed by atoms with E-state index in [0.29, 0.717) is 17.1 Å². The molecule has 0 atom stereocenters. The van der Waals surface area contributed by atoms with E-state index in [1.807, 2.05) is 0 Å². The second-order valence-corrected chi connectivity index (χ2v) is 8.69. The first kappa shape index (κ1) is 21.8. The van der Waals surface area contributed by atoms with Crippen molar-refractivity contribution in [3.05, 3.63) is 102 Å². The minimum atomic E-state index is -3.78. The molecule has 3 aromatic carbocycles. The number of carbonyl (C=O) groups excluding carboxylic acids is 2. The Morgan fingerprint density at radius 1 is 0.848 bits per heavy atom. The Labute approximate surface area is 189 Å². The van der Waals surface area contributed by atoms with E-state index in [0.717, 1.165) is 0 Å². The van der Waals surface area contributed by atoms with Crippen molar-refractivity contribution < 1.29 is 18.0 Å². The van der Waals surface area contributed by atoms with Gasteiger partial charge in [0, 0.05) is 23.1 Å². The van der Waals surface area contributed by atoms with Gasteiger partial charge in [-0.3, -0.25) is 14.3 Å². The molecule has 0 bridgehead atoms. The van der Waals surface area contributed by atoms with Crippen LogP contribution in [0.4, 0.5) is 11.4 Å². The first-order valence-electron chi connectivity index (χ1n) is 9.77. The van der Waals surface area contributed by atoms with Crippen LogP contribution in [-0.4, -0.2) is 30.0 Å². The molecule has 2 amide bonds. The number of aromatic nitrogens is 2. The fourth-order valence-corrected chi connectivity index (χ4v) is 4.09. The minimum absolute atomic E-state index is 0.0360. The summed E-state index contributed by atoms with van der Waals surface area (Å²) in [6.45, 7) is 0. The number of primary amides is 1. The average Bonchev–Trinajstić information content (AvgIpc) is 3.31. The fraction of sp³-hybridized carbons (Fsp3) is 0. The largest absolute Gasteiger partial charge is 0.364 e. The summed E-state index contributed by atoms with van der Waals surface area (Å²) in [6.07, 6.45) is 1.59. The Hall–Kier alpha value is -4.44. The smallest absolute Gasteiger partial charge is 0.269 e. The summed E-state index contributed by atoms with van der Waals surface area (Å²) in [5, 5.41) is 6.85. The highest BCUT2D eigenvalue weighted by Crippen LogP contribution is 2.18. The van der Waals surface area contributed by atoms with Crippen molar-refractivity contribution in [1.82, 2.24) is 9.78 Å². The van der Waals surface area contributed by atoms with Gasteiger partial charge < -0.3 is 11.1 Å². The maximum absolute atomic E-state index is 12.6. The predicted octanol–water partition coefficient (Wildman–Crippen LogP) is 3.02. The summed E-state index contributed by atoms with van der Waals surface area (Å²) < 4.78 is 29.0. The Morgan fingerprint density at radius 2 is 1.55 bits per heavy atom. The number of amides is 2. The Balaban J connectivity index is 1.47. The van der Waals surface area contributed by atoms with Crippen molar-refractivity contribution in [2.75, 3.05) is 10.0 Å². The number of hydrogen-bond donors (Lipinski definition) is 3. The van der Waals surface area contributed by atoms with Crippen LogP contribution in [0.25, 0.3) is 5.69 Å². The Morgan fingerprint density at radius 3 is 2.21 bits per heavy atom. The van der Waals surface area contributed by atoms with Crippen LogP contribution >= 0.6 is 0 Å². The molecule has 166 valence electrons. The van der Waals surface area contributed by atoms with Crippen molar-refractivity contribution in [3.8, 4) is 5.69 Å². The SMILES string of the molecule is NC(=O)c1ccn(-c2cccc(NC(=O)c3ccc(S(=O)(=O)Nc4ccccc4)cc3)c2)n1. The van der Waals surface area contributed by atoms with Gasteiger partial charge in [-0.05, 0) is 60.7 Å². The first-order chi connectivity index (χ1) is 15.8. The lowest BCUT2D eigenvalue weighted by atomic mass is 10.2. The molecule has 0 aliphatic rings. The summed E-state index contributed by atoms with van der Waals surface area (Å²) in [7, 11) is -3.78. The molecule has 4 N–H and O–H groups in total. The number of hydrogen-bond acceptors (Lipinski definition) is 5. The number of nitrogens with zero attached hydrogens (tertiary/aromatic N) is 2. The number of nitrogens with one attached hydrogen (secondary N) is 2. The fourth-order valence-electron chi connectivity index (χ4n) is 3.03. The molecule has 9 nitrogen and oxygen atoms in total. The number of para-hydroxylation sites is 1. The van der Waals surface area contributed by atoms with Crippen molar-refractivity contribution in [2.24, 2.45) is 5.73 Å². The van der Waals surface area contributed by atoms with E-state index in [9.17, 15) is 18.0 Å². The second-order valence-electron chi connectivity index (χ2n) is 7.01. The summed E-state index contributed by atoms with van der Waals surface area (Å²) >= 11 is 0. The van der Waals surface area contributed by atoms with Crippen molar-refractivity contribution in [2.45, 2.75) is 4.90 Å². The van der Waals surface area contributed by atoms with E-state index in [-0.39, 0.29) is 16.2 Å². The molecular weight excluding hydrogens is 442 g/mol. The van der Waals surface area contributed by atoms with Crippen molar-refractivity contribution >= 4 is 33.2 Å². The summed E-state index contributed by atoms with van der Waals surface area (Å²) in [6, 6.07) is 22.5. The van der Waals surface area contributed by atoms with Gasteiger partial charge in [0.05, 0.1) is 10.6 Å². The molecule has 0 unspecified atom stereocenters. The molecule has 0 fully saturated rings. The number of carbonyl (C=O) groups is 2. The molecule has 0 spiro atoms. The Kier molecular flexibility index (Phi) is 5.92. The summed E-state index contributed by atoms with van der Waals surface area (Å²) in [5.74, 6) is -1.05. The van der Waals surface area contributed by atoms with Crippen molar-refractivity contribution in [1.29, 1.82) is 0 Å². The number of rotatable bonds is 7. The standard InChI is InChI=1S/C23H19N5O4S/c24-22(29)21-13-14-28(26-21)19-8-4-7-18(15-19)25-23(30)16-9-11-20(12-10-16)33(31,32)27-17-5-2-1-3-6-17/h1-15,27H,(H2,24,29)(H,25,30). The molecule has 33 heavy (non-hydrogen) atoms. The lowest BCUT2D eigenvalue weighted by molar-refractivity contribution is 0.0993. The first-order valence-corrected chi connectivity index (χ1v) is 11.3. The zero-order chi connectivity index (χ0) is 23.4. The molecule has 1 aromatic heterocycles. The molecule has 4 aromatic rings. The van der Waals surface area contributed by atoms with E-state index < -0.39 is 21.8 Å². The zero-order valence-corrected chi connectivity index (χ0v) is 18.0. The van der Waals surface area contributed by atoms with Gasteiger partial charge in [0.25, 0.3) is 21.8 Å². The summed E-state index contributed by atoms with van der Waals surface area (Å²) in [4.78, 5) is 23.9. The summed E-state index contributed by atoms with van der Waals surface area (Å²) in [5.41, 5.74) is 7.20. The van der Waals surface area contributed by atoms with E-state index >= 15 is 0 Å². The van der Waals surface area contributed by atoms with E-state index in [1.165, 1.54) is 35.0 Å². The minimum Gasteiger partial charge on any atom is -0.364 e. The topological polar surface area (TPSA) is 136 Å². The average molecular weight is 462 g/mol. The molecule has 10 heteroatoms. The predicted molar refractivity (Wildman–Crippen MR) is 124 cm³/mol. The maximum Gasteiger partial charge on any atom is 0.269 e. The Bertz CT molecular complexity index is 1410. The normalized spacial score (nSPS) is 11.0. The highest BCUT2D eigenvalue weighted by Gasteiger charge is 2.15. The maximum atomic E-state index is 12.6. The number of nitrogens with two attached hydrogens (primary N) is 1. The van der Waals surface area contributed by atoms with Gasteiger partial charge in [0.2, 0.25) is 0 Å². The van der Waals surface area contributed by atoms with E-state index in [1.54, 1.807) is 60.8 Å². The molecule has 0 aliphatic heterocycles. The molecule has 0 radical (unpaired) electrons. The van der Waals surface area contributed by atoms with Crippen molar-refractivity contribution in [3.63, 3.8) is 0 Å². The lowest BCUT2D eigenvalue weighted by Gasteiger charge is -2.10. The highest BCUT2D eigenvalue weighted by molar-refractivity contribution is 7.92. The second kappa shape index (κ2) is 8.97. The van der Waals surface area contributed by atoms with Gasteiger partial charge >= 0.3 is 0 Å². The van der Waals surface area contributed by atoms with Gasteiger partial charge in [-0.1, -0.05) is 24.3 Å².